The molecule has 3 atom stereocenters. The van der Waals surface area contributed by atoms with Crippen LogP contribution in [0.25, 0.3) is 0 Å². The van der Waals surface area contributed by atoms with E-state index in [-0.39, 0.29) is 18.2 Å². The molecule has 4 rings (SSSR count). The average molecular weight is 329 g/mol. The van der Waals surface area contributed by atoms with Gasteiger partial charge in [0.2, 0.25) is 5.91 Å². The number of nitrogens with zero attached hydrogens (tertiary/aromatic N) is 3. The number of carbonyl (C=O) groups is 1. The van der Waals surface area contributed by atoms with Gasteiger partial charge in [0.25, 0.3) is 0 Å². The molecule has 0 spiro atoms. The van der Waals surface area contributed by atoms with Crippen molar-refractivity contribution in [3.63, 3.8) is 0 Å². The van der Waals surface area contributed by atoms with Crippen molar-refractivity contribution in [2.45, 2.75) is 56.8 Å². The number of pyridine rings is 1. The SMILES string of the molecule is CN(Cc1cccnc1)[C@@H]1CN(C(=O)CC2CC2)[C@@H]2CCCO[C@H]12. The Labute approximate surface area is 144 Å². The number of amides is 1. The van der Waals surface area contributed by atoms with Crippen LogP contribution in [-0.2, 0) is 16.1 Å². The molecule has 1 saturated carbocycles. The Morgan fingerprint density at radius 1 is 1.42 bits per heavy atom. The van der Waals surface area contributed by atoms with E-state index in [1.807, 2.05) is 12.3 Å². The van der Waals surface area contributed by atoms with E-state index in [4.69, 9.17) is 4.74 Å². The first-order valence-corrected chi connectivity index (χ1v) is 9.22. The Balaban J connectivity index is 1.46. The molecular formula is C19H27N3O2. The average Bonchev–Trinajstić information content (AvgIpc) is 3.32. The van der Waals surface area contributed by atoms with Crippen molar-refractivity contribution in [1.82, 2.24) is 14.8 Å². The van der Waals surface area contributed by atoms with Crippen molar-refractivity contribution in [3.05, 3.63) is 30.1 Å². The number of ether oxygens (including phenoxy) is 1. The van der Waals surface area contributed by atoms with Crippen LogP contribution in [0.15, 0.2) is 24.5 Å². The number of fused-ring (bicyclic) bond motifs is 1. The van der Waals surface area contributed by atoms with Crippen molar-refractivity contribution in [2.75, 3.05) is 20.2 Å². The van der Waals surface area contributed by atoms with Gasteiger partial charge in [-0.25, -0.2) is 0 Å². The van der Waals surface area contributed by atoms with Crippen LogP contribution in [0.1, 0.15) is 37.7 Å². The lowest BCUT2D eigenvalue weighted by molar-refractivity contribution is -0.135. The molecule has 1 aromatic rings. The molecule has 2 saturated heterocycles. The van der Waals surface area contributed by atoms with E-state index in [9.17, 15) is 4.79 Å². The third kappa shape index (κ3) is 3.33. The minimum absolute atomic E-state index is 0.156. The van der Waals surface area contributed by atoms with Gasteiger partial charge in [0.05, 0.1) is 18.2 Å². The highest BCUT2D eigenvalue weighted by molar-refractivity contribution is 5.77. The van der Waals surface area contributed by atoms with E-state index in [0.29, 0.717) is 11.8 Å². The van der Waals surface area contributed by atoms with E-state index in [0.717, 1.165) is 39.0 Å². The largest absolute Gasteiger partial charge is 0.374 e. The molecule has 5 nitrogen and oxygen atoms in total. The number of hydrogen-bond acceptors (Lipinski definition) is 4. The van der Waals surface area contributed by atoms with Crippen molar-refractivity contribution >= 4 is 5.91 Å². The van der Waals surface area contributed by atoms with Crippen LogP contribution in [0.5, 0.6) is 0 Å². The van der Waals surface area contributed by atoms with Crippen molar-refractivity contribution in [3.8, 4) is 0 Å². The lowest BCUT2D eigenvalue weighted by atomic mass is 10.00. The van der Waals surface area contributed by atoms with Crippen LogP contribution in [0.3, 0.4) is 0 Å². The summed E-state index contributed by atoms with van der Waals surface area (Å²) in [4.78, 5) is 21.4. The summed E-state index contributed by atoms with van der Waals surface area (Å²) < 4.78 is 6.12. The third-order valence-corrected chi connectivity index (χ3v) is 5.70. The number of hydrogen-bond donors (Lipinski definition) is 0. The molecule has 3 fully saturated rings. The zero-order valence-electron chi connectivity index (χ0n) is 14.4. The maximum Gasteiger partial charge on any atom is 0.223 e. The fourth-order valence-electron chi connectivity index (χ4n) is 4.19. The fourth-order valence-corrected chi connectivity index (χ4v) is 4.19. The van der Waals surface area contributed by atoms with Crippen LogP contribution in [0, 0.1) is 5.92 Å². The predicted octanol–water partition coefficient (Wildman–Crippen LogP) is 2.07. The van der Waals surface area contributed by atoms with Crippen molar-refractivity contribution in [2.24, 2.45) is 5.92 Å². The maximum absolute atomic E-state index is 12.7. The van der Waals surface area contributed by atoms with Gasteiger partial charge in [0.1, 0.15) is 0 Å². The first-order valence-electron chi connectivity index (χ1n) is 9.22. The topological polar surface area (TPSA) is 45.7 Å². The number of rotatable bonds is 5. The number of likely N-dealkylation sites (tertiary alicyclic amines) is 1. The predicted molar refractivity (Wildman–Crippen MR) is 91.3 cm³/mol. The molecule has 130 valence electrons. The molecule has 0 bridgehead atoms. The quantitative estimate of drug-likeness (QED) is 0.830. The molecule has 1 aliphatic carbocycles. The van der Waals surface area contributed by atoms with Gasteiger partial charge >= 0.3 is 0 Å². The fraction of sp³-hybridized carbons (Fsp3) is 0.684. The highest BCUT2D eigenvalue weighted by Gasteiger charge is 2.47. The van der Waals surface area contributed by atoms with Crippen LogP contribution in [-0.4, -0.2) is 59.1 Å². The smallest absolute Gasteiger partial charge is 0.223 e. The highest BCUT2D eigenvalue weighted by atomic mass is 16.5. The Kier molecular flexibility index (Phi) is 4.55. The summed E-state index contributed by atoms with van der Waals surface area (Å²) in [5.74, 6) is 0.989. The standard InChI is InChI=1S/C19H27N3O2/c1-21(12-15-4-2-8-20-11-15)17-13-22(18(23)10-14-6-7-14)16-5-3-9-24-19(16)17/h2,4,8,11,14,16-17,19H,3,5-7,9-10,12-13H2,1H3/t16-,17-,19+/m1/s1. The van der Waals surface area contributed by atoms with Gasteiger partial charge in [-0.15, -0.1) is 0 Å². The van der Waals surface area contributed by atoms with Gasteiger partial charge in [-0.05, 0) is 50.3 Å². The molecular weight excluding hydrogens is 302 g/mol. The van der Waals surface area contributed by atoms with Gasteiger partial charge < -0.3 is 9.64 Å². The van der Waals surface area contributed by atoms with Crippen LogP contribution in [0.2, 0.25) is 0 Å². The van der Waals surface area contributed by atoms with Gasteiger partial charge in [-0.2, -0.15) is 0 Å². The second-order valence-electron chi connectivity index (χ2n) is 7.58. The maximum atomic E-state index is 12.7. The molecule has 3 heterocycles. The minimum atomic E-state index is 0.156. The lowest BCUT2D eigenvalue weighted by Gasteiger charge is -2.34. The van der Waals surface area contributed by atoms with E-state index < -0.39 is 0 Å². The minimum Gasteiger partial charge on any atom is -0.374 e. The first kappa shape index (κ1) is 16.0. The molecule has 1 amide bonds. The second-order valence-corrected chi connectivity index (χ2v) is 7.58. The molecule has 1 aromatic heterocycles. The van der Waals surface area contributed by atoms with E-state index in [1.165, 1.54) is 18.4 Å². The molecule has 3 aliphatic rings. The van der Waals surface area contributed by atoms with Crippen LogP contribution in [0.4, 0.5) is 0 Å². The molecule has 5 heteroatoms. The third-order valence-electron chi connectivity index (χ3n) is 5.70. The van der Waals surface area contributed by atoms with E-state index in [1.54, 1.807) is 6.20 Å². The normalized spacial score (nSPS) is 29.8. The summed E-state index contributed by atoms with van der Waals surface area (Å²) in [6.07, 6.45) is 9.22. The Morgan fingerprint density at radius 3 is 3.04 bits per heavy atom. The van der Waals surface area contributed by atoms with Gasteiger partial charge in [0.15, 0.2) is 0 Å². The molecule has 0 radical (unpaired) electrons. The first-order chi connectivity index (χ1) is 11.7. The summed E-state index contributed by atoms with van der Waals surface area (Å²) in [7, 11) is 2.14. The van der Waals surface area contributed by atoms with Gasteiger partial charge in [0, 0.05) is 38.5 Å². The van der Waals surface area contributed by atoms with Gasteiger partial charge in [-0.3, -0.25) is 14.7 Å². The van der Waals surface area contributed by atoms with E-state index >= 15 is 0 Å². The van der Waals surface area contributed by atoms with Crippen molar-refractivity contribution in [1.29, 1.82) is 0 Å². The van der Waals surface area contributed by atoms with Crippen LogP contribution >= 0.6 is 0 Å². The monoisotopic (exact) mass is 329 g/mol. The number of carbonyl (C=O) groups excluding carboxylic acids is 1. The molecule has 0 unspecified atom stereocenters. The molecule has 0 aromatic carbocycles. The molecule has 0 N–H and O–H groups in total. The zero-order valence-corrected chi connectivity index (χ0v) is 14.4. The molecule has 2 aliphatic heterocycles. The molecule has 24 heavy (non-hydrogen) atoms. The van der Waals surface area contributed by atoms with E-state index in [2.05, 4.69) is 27.9 Å². The summed E-state index contributed by atoms with van der Waals surface area (Å²) in [6, 6.07) is 4.63. The lowest BCUT2D eigenvalue weighted by Crippen LogP contribution is -2.46. The zero-order chi connectivity index (χ0) is 16.5. The summed E-state index contributed by atoms with van der Waals surface area (Å²) >= 11 is 0. The Morgan fingerprint density at radius 2 is 2.29 bits per heavy atom. The number of likely N-dealkylation sites (N-methyl/N-ethyl adjacent to an activating group) is 1. The highest BCUT2D eigenvalue weighted by Crippen LogP contribution is 2.36. The summed E-state index contributed by atoms with van der Waals surface area (Å²) in [5, 5.41) is 0. The summed E-state index contributed by atoms with van der Waals surface area (Å²) in [6.45, 7) is 2.47. The summed E-state index contributed by atoms with van der Waals surface area (Å²) in [5.41, 5.74) is 1.20. The number of aromatic nitrogens is 1. The Hall–Kier alpha value is -1.46. The Bertz CT molecular complexity index is 575. The van der Waals surface area contributed by atoms with Crippen LogP contribution < -0.4 is 0 Å². The second kappa shape index (κ2) is 6.81. The van der Waals surface area contributed by atoms with Crippen molar-refractivity contribution < 1.29 is 9.53 Å². The van der Waals surface area contributed by atoms with Gasteiger partial charge in [-0.1, -0.05) is 6.07 Å².